The zero-order valence-electron chi connectivity index (χ0n) is 14.7. The first-order valence-electron chi connectivity index (χ1n) is 8.45. The summed E-state index contributed by atoms with van der Waals surface area (Å²) in [5.74, 6) is -2.04. The number of carbonyl (C=O) groups is 1. The minimum atomic E-state index is -4.03. The van der Waals surface area contributed by atoms with Gasteiger partial charge in [-0.15, -0.1) is 11.3 Å². The lowest BCUT2D eigenvalue weighted by Gasteiger charge is -2.16. The van der Waals surface area contributed by atoms with Gasteiger partial charge in [-0.2, -0.15) is 0 Å². The van der Waals surface area contributed by atoms with Crippen LogP contribution in [0.5, 0.6) is 0 Å². The van der Waals surface area contributed by atoms with Gasteiger partial charge in [0, 0.05) is 16.1 Å². The van der Waals surface area contributed by atoms with Crippen LogP contribution in [-0.4, -0.2) is 28.5 Å². The minimum Gasteiger partial charge on any atom is -0.481 e. The fourth-order valence-electron chi connectivity index (χ4n) is 3.30. The molecule has 0 aliphatic rings. The van der Waals surface area contributed by atoms with E-state index in [4.69, 9.17) is 11.6 Å². The van der Waals surface area contributed by atoms with Crippen LogP contribution in [0, 0.1) is 0 Å². The minimum absolute atomic E-state index is 0.0817. The van der Waals surface area contributed by atoms with Gasteiger partial charge in [0.15, 0.2) is 0 Å². The maximum absolute atomic E-state index is 13.5. The first-order valence-corrected chi connectivity index (χ1v) is 11.1. The van der Waals surface area contributed by atoms with E-state index in [9.17, 15) is 18.3 Å². The van der Waals surface area contributed by atoms with Gasteiger partial charge in [-0.25, -0.2) is 17.4 Å². The number of rotatable bonds is 5. The highest BCUT2D eigenvalue weighted by Gasteiger charge is 2.30. The summed E-state index contributed by atoms with van der Waals surface area (Å²) in [6.07, 6.45) is 0.253. The van der Waals surface area contributed by atoms with Crippen molar-refractivity contribution < 1.29 is 18.3 Å². The monoisotopic (exact) mass is 434 g/mol. The van der Waals surface area contributed by atoms with Gasteiger partial charge in [0.05, 0.1) is 32.1 Å². The highest BCUT2D eigenvalue weighted by Crippen LogP contribution is 2.34. The number of carboxylic acid groups (broad SMARTS) is 1. The van der Waals surface area contributed by atoms with Crippen LogP contribution >= 0.6 is 22.9 Å². The molecule has 2 heterocycles. The van der Waals surface area contributed by atoms with Crippen LogP contribution in [0.2, 0.25) is 5.02 Å². The van der Waals surface area contributed by atoms with Crippen molar-refractivity contribution >= 4 is 60.0 Å². The summed E-state index contributed by atoms with van der Waals surface area (Å²) in [5.41, 5.74) is 2.96. The number of aliphatic carboxylic acids is 1. The normalized spacial score (nSPS) is 13.2. The lowest BCUT2D eigenvalue weighted by molar-refractivity contribution is -0.138. The molecular formula is C19H15ClN2O4S2. The third-order valence-corrected chi connectivity index (χ3v) is 7.42. The summed E-state index contributed by atoms with van der Waals surface area (Å²) in [6.45, 7) is 1.71. The van der Waals surface area contributed by atoms with E-state index in [1.54, 1.807) is 48.8 Å². The molecule has 0 aliphatic carbocycles. The number of thiazole rings is 1. The standard InChI is InChI=1S/C19H15ClN2O4S2/c1-2-14(19(23)24)17-8-11-7-12(20)3-6-16(11)22(17)28(25,26)13-4-5-15-18(9-13)27-10-21-15/h3-10,14H,2H2,1H3,(H,23,24). The second-order valence-electron chi connectivity index (χ2n) is 6.32. The van der Waals surface area contributed by atoms with Crippen molar-refractivity contribution in [2.45, 2.75) is 24.2 Å². The molecule has 144 valence electrons. The Morgan fingerprint density at radius 2 is 2.04 bits per heavy atom. The van der Waals surface area contributed by atoms with Crippen molar-refractivity contribution in [1.82, 2.24) is 8.96 Å². The molecule has 2 aromatic carbocycles. The summed E-state index contributed by atoms with van der Waals surface area (Å²) in [4.78, 5) is 16.0. The van der Waals surface area contributed by atoms with E-state index in [1.807, 2.05) is 0 Å². The van der Waals surface area contributed by atoms with E-state index >= 15 is 0 Å². The predicted molar refractivity (Wildman–Crippen MR) is 110 cm³/mol. The van der Waals surface area contributed by atoms with E-state index in [0.717, 1.165) is 8.67 Å². The first-order chi connectivity index (χ1) is 13.3. The summed E-state index contributed by atoms with van der Waals surface area (Å²) in [6, 6.07) is 11.1. The van der Waals surface area contributed by atoms with E-state index < -0.39 is 21.9 Å². The van der Waals surface area contributed by atoms with Crippen molar-refractivity contribution in [3.8, 4) is 0 Å². The van der Waals surface area contributed by atoms with Crippen molar-refractivity contribution in [2.75, 3.05) is 0 Å². The van der Waals surface area contributed by atoms with E-state index in [1.165, 1.54) is 17.4 Å². The molecule has 1 unspecified atom stereocenters. The van der Waals surface area contributed by atoms with Crippen LogP contribution in [0.1, 0.15) is 25.0 Å². The van der Waals surface area contributed by atoms with Crippen molar-refractivity contribution in [3.05, 3.63) is 58.7 Å². The number of halogens is 1. The van der Waals surface area contributed by atoms with E-state index in [2.05, 4.69) is 4.98 Å². The van der Waals surface area contributed by atoms with Crippen LogP contribution in [0.4, 0.5) is 0 Å². The van der Waals surface area contributed by atoms with Crippen LogP contribution in [0.3, 0.4) is 0 Å². The number of nitrogens with zero attached hydrogens (tertiary/aromatic N) is 2. The van der Waals surface area contributed by atoms with Gasteiger partial charge in [-0.3, -0.25) is 4.79 Å². The zero-order chi connectivity index (χ0) is 20.1. The largest absolute Gasteiger partial charge is 0.481 e. The molecule has 28 heavy (non-hydrogen) atoms. The number of carboxylic acids is 1. The van der Waals surface area contributed by atoms with Crippen LogP contribution in [0.15, 0.2) is 52.9 Å². The summed E-state index contributed by atoms with van der Waals surface area (Å²) in [5, 5.41) is 10.7. The Labute approximate surface area is 170 Å². The summed E-state index contributed by atoms with van der Waals surface area (Å²) in [7, 11) is -4.03. The Morgan fingerprint density at radius 3 is 2.75 bits per heavy atom. The fraction of sp³-hybridized carbons (Fsp3) is 0.158. The molecule has 0 aliphatic heterocycles. The quantitative estimate of drug-likeness (QED) is 0.491. The highest BCUT2D eigenvalue weighted by atomic mass is 35.5. The molecule has 0 saturated carbocycles. The van der Waals surface area contributed by atoms with Gasteiger partial charge in [-0.1, -0.05) is 18.5 Å². The van der Waals surface area contributed by atoms with Crippen molar-refractivity contribution in [3.63, 3.8) is 0 Å². The molecule has 9 heteroatoms. The Kier molecular flexibility index (Phi) is 4.65. The molecule has 0 radical (unpaired) electrons. The molecule has 2 aromatic heterocycles. The molecule has 0 amide bonds. The second-order valence-corrected chi connectivity index (χ2v) is 9.43. The highest BCUT2D eigenvalue weighted by molar-refractivity contribution is 7.90. The average Bonchev–Trinajstić information content (AvgIpc) is 3.25. The molecule has 6 nitrogen and oxygen atoms in total. The number of aromatic nitrogens is 2. The molecule has 1 N–H and O–H groups in total. The Balaban J connectivity index is 2.03. The fourth-order valence-corrected chi connectivity index (χ4v) is 5.88. The second kappa shape index (κ2) is 6.88. The maximum Gasteiger partial charge on any atom is 0.312 e. The van der Waals surface area contributed by atoms with Gasteiger partial charge in [-0.05, 0) is 48.9 Å². The molecule has 0 saturated heterocycles. The lowest BCUT2D eigenvalue weighted by Crippen LogP contribution is -2.21. The van der Waals surface area contributed by atoms with Gasteiger partial charge in [0.1, 0.15) is 0 Å². The van der Waals surface area contributed by atoms with Crippen molar-refractivity contribution in [1.29, 1.82) is 0 Å². The van der Waals surface area contributed by atoms with Gasteiger partial charge in [0.25, 0.3) is 10.0 Å². The Hall–Kier alpha value is -2.42. The molecule has 4 rings (SSSR count). The zero-order valence-corrected chi connectivity index (χ0v) is 17.1. The molecule has 0 fully saturated rings. The molecular weight excluding hydrogens is 420 g/mol. The molecule has 4 aromatic rings. The van der Waals surface area contributed by atoms with E-state index in [-0.39, 0.29) is 17.0 Å². The van der Waals surface area contributed by atoms with Crippen LogP contribution in [0.25, 0.3) is 21.1 Å². The average molecular weight is 435 g/mol. The van der Waals surface area contributed by atoms with Gasteiger partial charge in [0.2, 0.25) is 0 Å². The smallest absolute Gasteiger partial charge is 0.312 e. The van der Waals surface area contributed by atoms with Crippen LogP contribution in [-0.2, 0) is 14.8 Å². The number of hydrogen-bond acceptors (Lipinski definition) is 5. The number of benzene rings is 2. The number of fused-ring (bicyclic) bond motifs is 2. The first kappa shape index (κ1) is 18.9. The molecule has 0 bridgehead atoms. The van der Waals surface area contributed by atoms with Gasteiger partial charge < -0.3 is 5.11 Å². The third kappa shape index (κ3) is 2.97. The SMILES string of the molecule is CCC(C(=O)O)c1cc2cc(Cl)ccc2n1S(=O)(=O)c1ccc2ncsc2c1. The van der Waals surface area contributed by atoms with E-state index in [0.29, 0.717) is 21.4 Å². The van der Waals surface area contributed by atoms with Crippen molar-refractivity contribution in [2.24, 2.45) is 0 Å². The van der Waals surface area contributed by atoms with Gasteiger partial charge >= 0.3 is 5.97 Å². The Morgan fingerprint density at radius 1 is 1.25 bits per heavy atom. The number of hydrogen-bond donors (Lipinski definition) is 1. The molecule has 0 spiro atoms. The topological polar surface area (TPSA) is 89.3 Å². The third-order valence-electron chi connectivity index (χ3n) is 4.65. The lowest BCUT2D eigenvalue weighted by atomic mass is 10.0. The Bertz CT molecular complexity index is 1320. The van der Waals surface area contributed by atoms with Crippen LogP contribution < -0.4 is 0 Å². The molecule has 1 atom stereocenters. The maximum atomic E-state index is 13.5. The predicted octanol–water partition coefficient (Wildman–Crippen LogP) is 4.72. The summed E-state index contributed by atoms with van der Waals surface area (Å²) >= 11 is 7.40. The summed E-state index contributed by atoms with van der Waals surface area (Å²) < 4.78 is 29.0.